The molecule has 0 saturated carbocycles. The summed E-state index contributed by atoms with van der Waals surface area (Å²) in [5.74, 6) is 0.326. The van der Waals surface area contributed by atoms with E-state index < -0.39 is 5.54 Å². The van der Waals surface area contributed by atoms with Gasteiger partial charge >= 0.3 is 0 Å². The summed E-state index contributed by atoms with van der Waals surface area (Å²) in [4.78, 5) is 21.6. The molecule has 1 aliphatic heterocycles. The van der Waals surface area contributed by atoms with Crippen LogP contribution >= 0.6 is 11.8 Å². The molecule has 28 heavy (non-hydrogen) atoms. The number of aliphatic imine (C=N–C) groups is 1. The zero-order valence-corrected chi connectivity index (χ0v) is 16.4. The molecule has 3 N–H and O–H groups in total. The van der Waals surface area contributed by atoms with Gasteiger partial charge in [-0.1, -0.05) is 23.9 Å². The first-order chi connectivity index (χ1) is 13.4. The number of thioether (sulfide) groups is 1. The molecule has 2 heterocycles. The molecule has 144 valence electrons. The number of imidazole rings is 1. The van der Waals surface area contributed by atoms with E-state index in [1.165, 1.54) is 23.9 Å². The van der Waals surface area contributed by atoms with Crippen molar-refractivity contribution in [1.82, 2.24) is 9.55 Å². The highest BCUT2D eigenvalue weighted by Crippen LogP contribution is 2.37. The van der Waals surface area contributed by atoms with Gasteiger partial charge in [-0.05, 0) is 43.7 Å². The highest BCUT2D eigenvalue weighted by atomic mass is 32.2. The summed E-state index contributed by atoms with van der Waals surface area (Å²) in [5, 5.41) is 3.27. The number of halogens is 1. The van der Waals surface area contributed by atoms with Crippen molar-refractivity contribution in [3.63, 3.8) is 0 Å². The molecule has 1 amide bonds. The molecule has 1 atom stereocenters. The fourth-order valence-electron chi connectivity index (χ4n) is 3.43. The molecule has 0 aliphatic carbocycles. The SMILES string of the molecule is Cn1c(C(=O)Nc2ccc(F)c(C3(C)CCSC(N)=N3)c2)nc2ccccc21. The van der Waals surface area contributed by atoms with E-state index in [1.54, 1.807) is 17.7 Å². The van der Waals surface area contributed by atoms with Crippen LogP contribution in [0.1, 0.15) is 29.5 Å². The zero-order chi connectivity index (χ0) is 19.9. The average Bonchev–Trinajstić information content (AvgIpc) is 3.00. The van der Waals surface area contributed by atoms with Crippen molar-refractivity contribution < 1.29 is 9.18 Å². The van der Waals surface area contributed by atoms with Crippen molar-refractivity contribution in [2.75, 3.05) is 11.1 Å². The number of nitrogens with two attached hydrogens (primary N) is 1. The number of anilines is 1. The molecule has 1 aliphatic rings. The van der Waals surface area contributed by atoms with Gasteiger partial charge in [-0.15, -0.1) is 0 Å². The van der Waals surface area contributed by atoms with Gasteiger partial charge in [0.05, 0.1) is 16.6 Å². The molecule has 0 fully saturated rings. The van der Waals surface area contributed by atoms with Crippen LogP contribution in [-0.4, -0.2) is 26.4 Å². The van der Waals surface area contributed by atoms with E-state index in [0.717, 1.165) is 16.8 Å². The minimum atomic E-state index is -0.752. The monoisotopic (exact) mass is 397 g/mol. The van der Waals surface area contributed by atoms with Crippen LogP contribution in [0.2, 0.25) is 0 Å². The lowest BCUT2D eigenvalue weighted by Gasteiger charge is -2.30. The first-order valence-electron chi connectivity index (χ1n) is 8.88. The van der Waals surface area contributed by atoms with E-state index in [4.69, 9.17) is 5.73 Å². The number of nitrogens with zero attached hydrogens (tertiary/aromatic N) is 3. The van der Waals surface area contributed by atoms with E-state index in [-0.39, 0.29) is 17.5 Å². The van der Waals surface area contributed by atoms with E-state index in [9.17, 15) is 9.18 Å². The maximum atomic E-state index is 14.5. The van der Waals surface area contributed by atoms with Gasteiger partial charge in [0.25, 0.3) is 5.91 Å². The third-order valence-electron chi connectivity index (χ3n) is 4.99. The molecule has 0 radical (unpaired) electrons. The van der Waals surface area contributed by atoms with Crippen LogP contribution in [0.3, 0.4) is 0 Å². The lowest BCUT2D eigenvalue weighted by molar-refractivity contribution is 0.101. The third-order valence-corrected chi connectivity index (χ3v) is 5.79. The van der Waals surface area contributed by atoms with Gasteiger partial charge < -0.3 is 15.6 Å². The Morgan fingerprint density at radius 3 is 2.86 bits per heavy atom. The summed E-state index contributed by atoms with van der Waals surface area (Å²) in [6, 6.07) is 12.0. The molecule has 0 saturated heterocycles. The van der Waals surface area contributed by atoms with Crippen LogP contribution in [0.4, 0.5) is 10.1 Å². The second-order valence-corrected chi connectivity index (χ2v) is 8.07. The van der Waals surface area contributed by atoms with Crippen molar-refractivity contribution in [2.24, 2.45) is 17.8 Å². The van der Waals surface area contributed by atoms with Crippen molar-refractivity contribution in [3.8, 4) is 0 Å². The number of hydrogen-bond acceptors (Lipinski definition) is 5. The molecule has 8 heteroatoms. The van der Waals surface area contributed by atoms with Gasteiger partial charge in [-0.2, -0.15) is 0 Å². The number of aromatic nitrogens is 2. The molecule has 3 aromatic rings. The van der Waals surface area contributed by atoms with E-state index in [1.807, 2.05) is 31.2 Å². The Hall–Kier alpha value is -2.87. The Kier molecular flexibility index (Phi) is 4.58. The van der Waals surface area contributed by atoms with Crippen molar-refractivity contribution in [3.05, 3.63) is 59.7 Å². The molecule has 2 aromatic carbocycles. The van der Waals surface area contributed by atoms with Crippen LogP contribution in [0.15, 0.2) is 47.5 Å². The number of rotatable bonds is 3. The Balaban J connectivity index is 1.66. The summed E-state index contributed by atoms with van der Waals surface area (Å²) in [6.07, 6.45) is 0.664. The predicted octanol–water partition coefficient (Wildman–Crippen LogP) is 3.63. The minimum absolute atomic E-state index is 0.287. The number of fused-ring (bicyclic) bond motifs is 1. The third kappa shape index (κ3) is 3.24. The van der Waals surface area contributed by atoms with Gasteiger partial charge in [0, 0.05) is 24.1 Å². The summed E-state index contributed by atoms with van der Waals surface area (Å²) >= 11 is 1.46. The first-order valence-corrected chi connectivity index (χ1v) is 9.87. The zero-order valence-electron chi connectivity index (χ0n) is 15.6. The molecule has 4 rings (SSSR count). The number of carbonyl (C=O) groups excluding carboxylic acids is 1. The number of carbonyl (C=O) groups is 1. The van der Waals surface area contributed by atoms with Gasteiger partial charge in [-0.25, -0.2) is 9.37 Å². The fourth-order valence-corrected chi connectivity index (χ4v) is 4.41. The number of nitrogens with one attached hydrogen (secondary N) is 1. The second kappa shape index (κ2) is 6.94. The number of amidine groups is 1. The van der Waals surface area contributed by atoms with Crippen molar-refractivity contribution in [2.45, 2.75) is 18.9 Å². The van der Waals surface area contributed by atoms with Gasteiger partial charge in [0.1, 0.15) is 5.82 Å². The summed E-state index contributed by atoms with van der Waals surface area (Å²) in [7, 11) is 1.79. The molecular weight excluding hydrogens is 377 g/mol. The Labute approximate surface area is 166 Å². The normalized spacial score (nSPS) is 19.5. The van der Waals surface area contributed by atoms with Crippen molar-refractivity contribution >= 4 is 39.6 Å². The number of para-hydroxylation sites is 2. The molecular formula is C20H20FN5OS. The van der Waals surface area contributed by atoms with Gasteiger partial charge in [0.15, 0.2) is 11.0 Å². The van der Waals surface area contributed by atoms with Crippen molar-refractivity contribution in [1.29, 1.82) is 0 Å². The minimum Gasteiger partial charge on any atom is -0.379 e. The van der Waals surface area contributed by atoms with Crippen LogP contribution in [0.5, 0.6) is 0 Å². The summed E-state index contributed by atoms with van der Waals surface area (Å²) < 4.78 is 16.3. The van der Waals surface area contributed by atoms with Gasteiger partial charge in [-0.3, -0.25) is 9.79 Å². The Morgan fingerprint density at radius 2 is 2.11 bits per heavy atom. The lowest BCUT2D eigenvalue weighted by Crippen LogP contribution is -2.30. The fraction of sp³-hybridized carbons (Fsp3) is 0.250. The van der Waals surface area contributed by atoms with Crippen LogP contribution in [0.25, 0.3) is 11.0 Å². The number of hydrogen-bond donors (Lipinski definition) is 2. The molecule has 0 bridgehead atoms. The van der Waals surface area contributed by atoms with Crippen LogP contribution in [-0.2, 0) is 12.6 Å². The molecule has 1 unspecified atom stereocenters. The number of benzene rings is 2. The molecule has 6 nitrogen and oxygen atoms in total. The lowest BCUT2D eigenvalue weighted by atomic mass is 9.89. The maximum absolute atomic E-state index is 14.5. The highest BCUT2D eigenvalue weighted by Gasteiger charge is 2.32. The van der Waals surface area contributed by atoms with E-state index in [0.29, 0.717) is 22.8 Å². The quantitative estimate of drug-likeness (QED) is 0.707. The predicted molar refractivity (Wildman–Crippen MR) is 111 cm³/mol. The standard InChI is InChI=1S/C20H20FN5OS/c1-20(9-10-28-19(22)25-20)13-11-12(7-8-14(13)21)23-18(27)17-24-15-5-3-4-6-16(15)26(17)2/h3-8,11H,9-10H2,1-2H3,(H2,22,25)(H,23,27). The van der Waals surface area contributed by atoms with E-state index >= 15 is 0 Å². The molecule has 0 spiro atoms. The van der Waals surface area contributed by atoms with Crippen LogP contribution in [0, 0.1) is 5.82 Å². The summed E-state index contributed by atoms with van der Waals surface area (Å²) in [6.45, 7) is 1.86. The number of aryl methyl sites for hydroxylation is 1. The topological polar surface area (TPSA) is 85.3 Å². The Bertz CT molecular complexity index is 1110. The second-order valence-electron chi connectivity index (χ2n) is 6.95. The maximum Gasteiger partial charge on any atom is 0.291 e. The largest absolute Gasteiger partial charge is 0.379 e. The Morgan fingerprint density at radius 1 is 1.32 bits per heavy atom. The summed E-state index contributed by atoms with van der Waals surface area (Å²) in [5.41, 5.74) is 7.61. The highest BCUT2D eigenvalue weighted by molar-refractivity contribution is 8.13. The number of amides is 1. The van der Waals surface area contributed by atoms with Gasteiger partial charge in [0.2, 0.25) is 0 Å². The average molecular weight is 397 g/mol. The smallest absolute Gasteiger partial charge is 0.291 e. The van der Waals surface area contributed by atoms with E-state index in [2.05, 4.69) is 15.3 Å². The van der Waals surface area contributed by atoms with Crippen LogP contribution < -0.4 is 11.1 Å². The molecule has 1 aromatic heterocycles. The first kappa shape index (κ1) is 18.5.